The van der Waals surface area contributed by atoms with Gasteiger partial charge in [-0.3, -0.25) is 5.32 Å². The SMILES string of the molecule is CSCCCNC(O)/C(Cc1c[nH]c2ccc(Br)cc12)=N\O. The van der Waals surface area contributed by atoms with Crippen LogP contribution in [-0.4, -0.2) is 45.8 Å². The van der Waals surface area contributed by atoms with E-state index >= 15 is 0 Å². The number of hydrogen-bond donors (Lipinski definition) is 4. The smallest absolute Gasteiger partial charge is 0.147 e. The molecule has 1 aromatic carbocycles. The number of H-pyrrole nitrogens is 1. The predicted molar refractivity (Wildman–Crippen MR) is 95.9 cm³/mol. The molecule has 22 heavy (non-hydrogen) atoms. The maximum atomic E-state index is 10.1. The Balaban J connectivity index is 2.04. The number of nitrogens with zero attached hydrogens (tertiary/aromatic N) is 1. The van der Waals surface area contributed by atoms with Crippen LogP contribution in [0.2, 0.25) is 0 Å². The van der Waals surface area contributed by atoms with Crippen LogP contribution in [0.5, 0.6) is 0 Å². The molecule has 0 bridgehead atoms. The minimum atomic E-state index is -0.941. The number of hydrogen-bond acceptors (Lipinski definition) is 5. The van der Waals surface area contributed by atoms with E-state index in [-0.39, 0.29) is 0 Å². The van der Waals surface area contributed by atoms with Gasteiger partial charge in [0.15, 0.2) is 0 Å². The highest BCUT2D eigenvalue weighted by molar-refractivity contribution is 9.10. The van der Waals surface area contributed by atoms with Gasteiger partial charge in [0.25, 0.3) is 0 Å². The van der Waals surface area contributed by atoms with Gasteiger partial charge in [0.05, 0.1) is 0 Å². The molecule has 2 rings (SSSR count). The number of fused-ring (bicyclic) bond motifs is 1. The van der Waals surface area contributed by atoms with E-state index in [9.17, 15) is 10.3 Å². The van der Waals surface area contributed by atoms with Crippen molar-refractivity contribution in [3.05, 3.63) is 34.4 Å². The molecule has 1 unspecified atom stereocenters. The average molecular weight is 386 g/mol. The first-order valence-corrected chi connectivity index (χ1v) is 9.21. The highest BCUT2D eigenvalue weighted by Gasteiger charge is 2.15. The second-order valence-electron chi connectivity index (χ2n) is 4.97. The number of rotatable bonds is 8. The number of aliphatic hydroxyl groups is 1. The highest BCUT2D eigenvalue weighted by atomic mass is 79.9. The van der Waals surface area contributed by atoms with Gasteiger partial charge >= 0.3 is 0 Å². The molecule has 1 atom stereocenters. The van der Waals surface area contributed by atoms with Crippen molar-refractivity contribution in [2.45, 2.75) is 19.1 Å². The van der Waals surface area contributed by atoms with Gasteiger partial charge in [0, 0.05) is 28.0 Å². The summed E-state index contributed by atoms with van der Waals surface area (Å²) in [5, 5.41) is 26.6. The van der Waals surface area contributed by atoms with Gasteiger partial charge < -0.3 is 15.3 Å². The Kier molecular flexibility index (Phi) is 6.75. The number of nitrogens with one attached hydrogen (secondary N) is 2. The van der Waals surface area contributed by atoms with Crippen LogP contribution in [0, 0.1) is 0 Å². The maximum Gasteiger partial charge on any atom is 0.147 e. The molecular weight excluding hydrogens is 366 g/mol. The molecule has 0 saturated heterocycles. The summed E-state index contributed by atoms with van der Waals surface area (Å²) in [6, 6.07) is 5.95. The first-order valence-electron chi connectivity index (χ1n) is 7.02. The van der Waals surface area contributed by atoms with E-state index in [2.05, 4.69) is 31.4 Å². The van der Waals surface area contributed by atoms with Crippen LogP contribution in [-0.2, 0) is 6.42 Å². The third kappa shape index (κ3) is 4.49. The Bertz CT molecular complexity index is 645. The highest BCUT2D eigenvalue weighted by Crippen LogP contribution is 2.23. The van der Waals surface area contributed by atoms with E-state index in [0.717, 1.165) is 33.1 Å². The van der Waals surface area contributed by atoms with Crippen LogP contribution in [0.15, 0.2) is 34.0 Å². The molecule has 0 spiro atoms. The van der Waals surface area contributed by atoms with E-state index in [1.54, 1.807) is 11.8 Å². The molecule has 2 aromatic rings. The number of aliphatic hydroxyl groups excluding tert-OH is 1. The number of thioether (sulfide) groups is 1. The van der Waals surface area contributed by atoms with Crippen molar-refractivity contribution in [2.75, 3.05) is 18.6 Å². The Labute approximate surface area is 142 Å². The Morgan fingerprint density at radius 3 is 3.05 bits per heavy atom. The number of benzene rings is 1. The zero-order valence-corrected chi connectivity index (χ0v) is 14.7. The molecule has 0 aliphatic heterocycles. The maximum absolute atomic E-state index is 10.1. The zero-order valence-electron chi connectivity index (χ0n) is 12.3. The zero-order chi connectivity index (χ0) is 15.9. The second kappa shape index (κ2) is 8.57. The molecule has 0 aliphatic carbocycles. The van der Waals surface area contributed by atoms with Gasteiger partial charge in [-0.1, -0.05) is 21.1 Å². The van der Waals surface area contributed by atoms with E-state index in [1.165, 1.54) is 0 Å². The molecule has 0 aliphatic rings. The molecule has 0 amide bonds. The lowest BCUT2D eigenvalue weighted by atomic mass is 10.1. The summed E-state index contributed by atoms with van der Waals surface area (Å²) >= 11 is 5.22. The molecular formula is C15H20BrN3O2S. The molecule has 0 radical (unpaired) electrons. The van der Waals surface area contributed by atoms with Crippen LogP contribution in [0.1, 0.15) is 12.0 Å². The van der Waals surface area contributed by atoms with Crippen LogP contribution >= 0.6 is 27.7 Å². The van der Waals surface area contributed by atoms with Crippen molar-refractivity contribution >= 4 is 44.3 Å². The molecule has 1 heterocycles. The average Bonchev–Trinajstić information content (AvgIpc) is 2.91. The normalized spacial score (nSPS) is 13.7. The van der Waals surface area contributed by atoms with Gasteiger partial charge in [-0.2, -0.15) is 11.8 Å². The summed E-state index contributed by atoms with van der Waals surface area (Å²) in [7, 11) is 0. The van der Waals surface area contributed by atoms with Gasteiger partial charge in [0.1, 0.15) is 11.9 Å². The number of aromatic nitrogens is 1. The third-order valence-corrected chi connectivity index (χ3v) is 4.60. The summed E-state index contributed by atoms with van der Waals surface area (Å²) in [4.78, 5) is 3.18. The van der Waals surface area contributed by atoms with Gasteiger partial charge in [-0.05, 0) is 48.7 Å². The monoisotopic (exact) mass is 385 g/mol. The van der Waals surface area contributed by atoms with E-state index in [0.29, 0.717) is 18.7 Å². The van der Waals surface area contributed by atoms with Crippen molar-refractivity contribution in [3.63, 3.8) is 0 Å². The molecule has 0 fully saturated rings. The molecule has 7 heteroatoms. The summed E-state index contributed by atoms with van der Waals surface area (Å²) in [6.45, 7) is 0.681. The quantitative estimate of drug-likeness (QED) is 0.185. The fourth-order valence-corrected chi connectivity index (χ4v) is 3.05. The lowest BCUT2D eigenvalue weighted by Gasteiger charge is -2.14. The van der Waals surface area contributed by atoms with Crippen molar-refractivity contribution in [2.24, 2.45) is 5.16 Å². The Hall–Kier alpha value is -1.02. The summed E-state index contributed by atoms with van der Waals surface area (Å²) < 4.78 is 0.985. The topological polar surface area (TPSA) is 80.6 Å². The number of oxime groups is 1. The molecule has 5 nitrogen and oxygen atoms in total. The summed E-state index contributed by atoms with van der Waals surface area (Å²) in [5.41, 5.74) is 2.30. The van der Waals surface area contributed by atoms with Gasteiger partial charge in [0.2, 0.25) is 0 Å². The standard InChI is InChI=1S/C15H20BrN3O2S/c1-22-6-2-5-17-15(20)14(19-21)7-10-9-18-13-4-3-11(16)8-12(10)13/h3-4,8-9,15,17-18,20-21H,2,5-7H2,1H3/b19-14-. The fourth-order valence-electron chi connectivity index (χ4n) is 2.25. The fraction of sp³-hybridized carbons (Fsp3) is 0.400. The second-order valence-corrected chi connectivity index (χ2v) is 6.88. The van der Waals surface area contributed by atoms with E-state index in [4.69, 9.17) is 0 Å². The predicted octanol–water partition coefficient (Wildman–Crippen LogP) is 2.96. The van der Waals surface area contributed by atoms with E-state index in [1.807, 2.05) is 30.7 Å². The lowest BCUT2D eigenvalue weighted by Crippen LogP contribution is -2.38. The van der Waals surface area contributed by atoms with Crippen LogP contribution in [0.4, 0.5) is 0 Å². The van der Waals surface area contributed by atoms with Crippen molar-refractivity contribution in [1.29, 1.82) is 0 Å². The molecule has 120 valence electrons. The summed E-state index contributed by atoms with van der Waals surface area (Å²) in [6.07, 6.45) is 4.32. The van der Waals surface area contributed by atoms with Crippen LogP contribution < -0.4 is 5.32 Å². The third-order valence-electron chi connectivity index (χ3n) is 3.41. The van der Waals surface area contributed by atoms with Gasteiger partial charge in [-0.25, -0.2) is 0 Å². The number of halogens is 1. The first-order chi connectivity index (χ1) is 10.7. The minimum absolute atomic E-state index is 0.310. The van der Waals surface area contributed by atoms with Crippen LogP contribution in [0.25, 0.3) is 10.9 Å². The molecule has 4 N–H and O–H groups in total. The van der Waals surface area contributed by atoms with Crippen molar-refractivity contribution < 1.29 is 10.3 Å². The van der Waals surface area contributed by atoms with Crippen molar-refractivity contribution in [1.82, 2.24) is 10.3 Å². The van der Waals surface area contributed by atoms with Gasteiger partial charge in [-0.15, -0.1) is 0 Å². The first kappa shape index (κ1) is 17.3. The molecule has 0 saturated carbocycles. The minimum Gasteiger partial charge on any atom is -0.411 e. The number of aromatic amines is 1. The lowest BCUT2D eigenvalue weighted by molar-refractivity contribution is 0.193. The Morgan fingerprint density at radius 1 is 1.50 bits per heavy atom. The Morgan fingerprint density at radius 2 is 2.32 bits per heavy atom. The van der Waals surface area contributed by atoms with Crippen LogP contribution in [0.3, 0.4) is 0 Å². The summed E-state index contributed by atoms with van der Waals surface area (Å²) in [5.74, 6) is 1.03. The molecule has 1 aromatic heterocycles. The largest absolute Gasteiger partial charge is 0.411 e. The van der Waals surface area contributed by atoms with E-state index < -0.39 is 6.23 Å². The van der Waals surface area contributed by atoms with Crippen molar-refractivity contribution in [3.8, 4) is 0 Å².